The Morgan fingerprint density at radius 2 is 0.949 bits per heavy atom. The number of likely N-dealkylation sites (N-methyl/N-ethyl adjacent to an activating group) is 1. The molecule has 8 nitrogen and oxygen atoms in total. The predicted molar refractivity (Wildman–Crippen MR) is 251 cm³/mol. The number of unbranched alkanes of at least 4 members (excludes halogenated alkanes) is 25. The van der Waals surface area contributed by atoms with Crippen molar-refractivity contribution in [1.82, 2.24) is 5.32 Å². The van der Waals surface area contributed by atoms with Gasteiger partial charge in [0.1, 0.15) is 13.2 Å². The number of phosphoric ester groups is 1. The van der Waals surface area contributed by atoms with Crippen molar-refractivity contribution in [2.45, 2.75) is 225 Å². The van der Waals surface area contributed by atoms with Crippen LogP contribution in [0.3, 0.4) is 0 Å². The van der Waals surface area contributed by atoms with Gasteiger partial charge in [-0.25, -0.2) is 0 Å². The van der Waals surface area contributed by atoms with Crippen LogP contribution in [0.15, 0.2) is 48.6 Å². The second-order valence-corrected chi connectivity index (χ2v) is 19.2. The molecule has 0 aliphatic heterocycles. The highest BCUT2D eigenvalue weighted by atomic mass is 31.2. The Bertz CT molecular complexity index is 1100. The Labute approximate surface area is 365 Å². The molecule has 0 heterocycles. The number of nitrogens with one attached hydrogen (secondary N) is 1. The summed E-state index contributed by atoms with van der Waals surface area (Å²) in [7, 11) is 1.23. The second-order valence-electron chi connectivity index (χ2n) is 17.8. The van der Waals surface area contributed by atoms with Crippen LogP contribution in [-0.2, 0) is 18.4 Å². The zero-order valence-corrected chi connectivity index (χ0v) is 40.1. The van der Waals surface area contributed by atoms with Crippen LogP contribution in [0.1, 0.15) is 213 Å². The first-order valence-corrected chi connectivity index (χ1v) is 26.0. The highest BCUT2D eigenvalue weighted by Crippen LogP contribution is 2.38. The number of hydrogen-bond donors (Lipinski definition) is 2. The molecule has 0 aromatic rings. The molecule has 0 radical (unpaired) electrons. The fourth-order valence-electron chi connectivity index (χ4n) is 6.83. The van der Waals surface area contributed by atoms with Gasteiger partial charge >= 0.3 is 0 Å². The molecule has 1 amide bonds. The zero-order chi connectivity index (χ0) is 43.6. The highest BCUT2D eigenvalue weighted by molar-refractivity contribution is 7.45. The minimum absolute atomic E-state index is 0.0115. The van der Waals surface area contributed by atoms with Crippen LogP contribution in [0.4, 0.5) is 0 Å². The van der Waals surface area contributed by atoms with Crippen molar-refractivity contribution in [3.8, 4) is 0 Å². The van der Waals surface area contributed by atoms with E-state index >= 15 is 0 Å². The van der Waals surface area contributed by atoms with Gasteiger partial charge in [0.15, 0.2) is 0 Å². The summed E-state index contributed by atoms with van der Waals surface area (Å²) in [6, 6.07) is -0.913. The molecule has 2 N–H and O–H groups in total. The molecule has 9 heteroatoms. The summed E-state index contributed by atoms with van der Waals surface area (Å²) in [6.45, 7) is 4.59. The number of quaternary nitrogens is 1. The summed E-state index contributed by atoms with van der Waals surface area (Å²) in [5, 5.41) is 13.8. The molecular weight excluding hydrogens is 756 g/mol. The monoisotopic (exact) mass is 851 g/mol. The van der Waals surface area contributed by atoms with Crippen molar-refractivity contribution < 1.29 is 32.9 Å². The first-order chi connectivity index (χ1) is 28.5. The fourth-order valence-corrected chi connectivity index (χ4v) is 7.55. The van der Waals surface area contributed by atoms with E-state index in [0.717, 1.165) is 64.2 Å². The number of allylic oxidation sites excluding steroid dienone is 7. The van der Waals surface area contributed by atoms with E-state index in [1.807, 2.05) is 27.2 Å². The van der Waals surface area contributed by atoms with Crippen LogP contribution in [0.25, 0.3) is 0 Å². The van der Waals surface area contributed by atoms with E-state index in [0.29, 0.717) is 17.4 Å². The average Bonchev–Trinajstić information content (AvgIpc) is 3.19. The van der Waals surface area contributed by atoms with Crippen LogP contribution in [0, 0.1) is 0 Å². The van der Waals surface area contributed by atoms with Crippen LogP contribution in [0.5, 0.6) is 0 Å². The Kier molecular flexibility index (Phi) is 40.7. The van der Waals surface area contributed by atoms with E-state index in [1.165, 1.54) is 128 Å². The SMILES string of the molecule is CCCCCC/C=C\CCCCCCCC(=O)NC(COP(=O)([O-])OCC[N+](C)(C)C)C(O)/C=C/CC/C=C/CC/C=C/CCCCCCCCCCCCCCCC. The number of amides is 1. The molecule has 0 fully saturated rings. The molecule has 3 atom stereocenters. The molecular formula is C50H95N2O6P. The van der Waals surface area contributed by atoms with E-state index in [9.17, 15) is 19.4 Å². The van der Waals surface area contributed by atoms with Gasteiger partial charge in [-0.15, -0.1) is 0 Å². The maximum absolute atomic E-state index is 12.8. The number of aliphatic hydroxyl groups is 1. The largest absolute Gasteiger partial charge is 0.756 e. The summed E-state index contributed by atoms with van der Waals surface area (Å²) in [6.07, 6.45) is 53.2. The summed E-state index contributed by atoms with van der Waals surface area (Å²) < 4.78 is 23.2. The maximum atomic E-state index is 12.8. The number of nitrogens with zero attached hydrogens (tertiary/aromatic N) is 1. The number of phosphoric acid groups is 1. The number of carbonyl (C=O) groups excluding carboxylic acids is 1. The minimum Gasteiger partial charge on any atom is -0.756 e. The first kappa shape index (κ1) is 57.5. The summed E-state index contributed by atoms with van der Waals surface area (Å²) in [4.78, 5) is 25.3. The fraction of sp³-hybridized carbons (Fsp3) is 0.820. The lowest BCUT2D eigenvalue weighted by molar-refractivity contribution is -0.870. The van der Waals surface area contributed by atoms with Gasteiger partial charge in [0.05, 0.1) is 39.9 Å². The van der Waals surface area contributed by atoms with Gasteiger partial charge in [0.2, 0.25) is 5.91 Å². The van der Waals surface area contributed by atoms with Crippen molar-refractivity contribution in [2.75, 3.05) is 40.9 Å². The molecule has 0 rings (SSSR count). The van der Waals surface area contributed by atoms with Crippen molar-refractivity contribution >= 4 is 13.7 Å². The van der Waals surface area contributed by atoms with Crippen molar-refractivity contribution in [3.63, 3.8) is 0 Å². The van der Waals surface area contributed by atoms with Gasteiger partial charge in [-0.05, 0) is 70.6 Å². The van der Waals surface area contributed by atoms with E-state index in [2.05, 4.69) is 55.6 Å². The topological polar surface area (TPSA) is 108 Å². The molecule has 0 saturated carbocycles. The average molecular weight is 851 g/mol. The molecule has 3 unspecified atom stereocenters. The quantitative estimate of drug-likeness (QED) is 0.0274. The molecule has 0 aromatic heterocycles. The number of rotatable bonds is 44. The summed E-state index contributed by atoms with van der Waals surface area (Å²) in [5.74, 6) is -0.222. The van der Waals surface area contributed by atoms with Gasteiger partial charge in [-0.1, -0.05) is 184 Å². The Balaban J connectivity index is 4.39. The molecule has 0 bridgehead atoms. The van der Waals surface area contributed by atoms with Crippen molar-refractivity contribution in [3.05, 3.63) is 48.6 Å². The van der Waals surface area contributed by atoms with E-state index < -0.39 is 26.6 Å². The Hall–Kier alpha value is -1.54. The molecule has 59 heavy (non-hydrogen) atoms. The lowest BCUT2D eigenvalue weighted by Gasteiger charge is -2.29. The van der Waals surface area contributed by atoms with Crippen LogP contribution in [0.2, 0.25) is 0 Å². The molecule has 0 saturated heterocycles. The van der Waals surface area contributed by atoms with Crippen LogP contribution in [-0.4, -0.2) is 68.5 Å². The molecule has 346 valence electrons. The number of carbonyl (C=O) groups is 1. The lowest BCUT2D eigenvalue weighted by Crippen LogP contribution is -2.45. The third kappa shape index (κ3) is 44.3. The van der Waals surface area contributed by atoms with Gasteiger partial charge in [0, 0.05) is 6.42 Å². The maximum Gasteiger partial charge on any atom is 0.268 e. The third-order valence-corrected chi connectivity index (χ3v) is 11.7. The number of aliphatic hydroxyl groups excluding tert-OH is 1. The minimum atomic E-state index is -4.60. The number of hydrogen-bond acceptors (Lipinski definition) is 6. The van der Waals surface area contributed by atoms with Crippen molar-refractivity contribution in [1.29, 1.82) is 0 Å². The smallest absolute Gasteiger partial charge is 0.268 e. The van der Waals surface area contributed by atoms with E-state index in [4.69, 9.17) is 9.05 Å². The van der Waals surface area contributed by atoms with Gasteiger partial charge in [0.25, 0.3) is 7.82 Å². The zero-order valence-electron chi connectivity index (χ0n) is 39.2. The molecule has 0 aliphatic rings. The standard InChI is InChI=1S/C50H95N2O6P/c1-6-8-10-12-14-16-18-20-21-22-23-24-25-26-27-28-29-30-32-33-35-37-39-41-43-49(53)48(47-58-59(55,56)57-46-45-52(3,4)5)51-50(54)44-42-40-38-36-34-31-19-17-15-13-11-9-7-2/h17,19,28-29,33,35,41,43,48-49,53H,6-16,18,20-27,30-32,34,36-40,42,44-47H2,1-5H3,(H-,51,54,55,56)/b19-17-,29-28+,35-33+,43-41+. The first-order valence-electron chi connectivity index (χ1n) is 24.5. The van der Waals surface area contributed by atoms with Gasteiger partial charge in [-0.3, -0.25) is 9.36 Å². The Morgan fingerprint density at radius 3 is 1.39 bits per heavy atom. The van der Waals surface area contributed by atoms with Crippen molar-refractivity contribution in [2.24, 2.45) is 0 Å². The van der Waals surface area contributed by atoms with E-state index in [-0.39, 0.29) is 12.5 Å². The van der Waals surface area contributed by atoms with Crippen LogP contribution >= 0.6 is 7.82 Å². The molecule has 0 aromatic carbocycles. The lowest BCUT2D eigenvalue weighted by atomic mass is 10.0. The Morgan fingerprint density at radius 1 is 0.576 bits per heavy atom. The highest BCUT2D eigenvalue weighted by Gasteiger charge is 2.23. The van der Waals surface area contributed by atoms with Crippen LogP contribution < -0.4 is 10.2 Å². The molecule has 0 aliphatic carbocycles. The third-order valence-electron chi connectivity index (χ3n) is 10.7. The second kappa shape index (κ2) is 41.8. The van der Waals surface area contributed by atoms with E-state index in [1.54, 1.807) is 6.08 Å². The summed E-state index contributed by atoms with van der Waals surface area (Å²) >= 11 is 0. The van der Waals surface area contributed by atoms with Gasteiger partial charge in [-0.2, -0.15) is 0 Å². The predicted octanol–water partition coefficient (Wildman–Crippen LogP) is 13.4. The summed E-state index contributed by atoms with van der Waals surface area (Å²) in [5.41, 5.74) is 0. The van der Waals surface area contributed by atoms with Gasteiger partial charge < -0.3 is 28.8 Å². The normalized spacial score (nSPS) is 14.6. The molecule has 0 spiro atoms.